The molecule has 3 rings (SSSR count). The largest absolute Gasteiger partial charge is 0.377 e. The van der Waals surface area contributed by atoms with E-state index in [0.29, 0.717) is 12.0 Å². The maximum absolute atomic E-state index is 12.1. The summed E-state index contributed by atoms with van der Waals surface area (Å²) in [6.45, 7) is 8.54. The van der Waals surface area contributed by atoms with Crippen LogP contribution in [0.5, 0.6) is 0 Å². The maximum atomic E-state index is 12.1. The smallest absolute Gasteiger partial charge is 0.243 e. The van der Waals surface area contributed by atoms with E-state index in [-0.39, 0.29) is 24.0 Å². The van der Waals surface area contributed by atoms with Crippen molar-refractivity contribution in [3.05, 3.63) is 35.4 Å². The van der Waals surface area contributed by atoms with Crippen LogP contribution in [0, 0.1) is 11.3 Å². The van der Waals surface area contributed by atoms with Gasteiger partial charge in [0.15, 0.2) is 5.96 Å². The Bertz CT molecular complexity index is 769. The molecule has 1 aromatic rings. The van der Waals surface area contributed by atoms with Gasteiger partial charge >= 0.3 is 0 Å². The summed E-state index contributed by atoms with van der Waals surface area (Å²) < 4.78 is 6.14. The minimum Gasteiger partial charge on any atom is -0.377 e. The second-order valence-electron chi connectivity index (χ2n) is 10.2. The number of rotatable bonds is 5. The lowest BCUT2D eigenvalue weighted by atomic mass is 9.78. The molecule has 1 amide bonds. The van der Waals surface area contributed by atoms with Gasteiger partial charge in [0.1, 0.15) is 6.54 Å². The zero-order chi connectivity index (χ0) is 22.4. The highest BCUT2D eigenvalue weighted by atomic mass is 16.5. The molecular weight excluding hydrogens is 388 g/mol. The Morgan fingerprint density at radius 3 is 2.65 bits per heavy atom. The van der Waals surface area contributed by atoms with Crippen molar-refractivity contribution >= 4 is 11.9 Å². The fraction of sp³-hybridized carbons (Fsp3) is 0.680. The molecule has 1 aliphatic heterocycles. The number of carbonyl (C=O) groups excluding carboxylic acids is 1. The van der Waals surface area contributed by atoms with E-state index >= 15 is 0 Å². The van der Waals surface area contributed by atoms with E-state index in [1.165, 1.54) is 11.1 Å². The van der Waals surface area contributed by atoms with Crippen LogP contribution in [0.15, 0.2) is 29.3 Å². The third-order valence-electron chi connectivity index (χ3n) is 6.39. The Kier molecular flexibility index (Phi) is 7.98. The zero-order valence-electron chi connectivity index (χ0n) is 19.9. The first-order valence-electron chi connectivity index (χ1n) is 11.7. The third-order valence-corrected chi connectivity index (χ3v) is 6.39. The quantitative estimate of drug-likeness (QED) is 0.559. The molecule has 172 valence electrons. The van der Waals surface area contributed by atoms with Gasteiger partial charge in [-0.15, -0.1) is 0 Å². The normalized spacial score (nSPS) is 24.3. The molecule has 0 bridgehead atoms. The highest BCUT2D eigenvalue weighted by molar-refractivity contribution is 5.85. The highest BCUT2D eigenvalue weighted by Crippen LogP contribution is 2.33. The van der Waals surface area contributed by atoms with Gasteiger partial charge in [-0.05, 0) is 48.6 Å². The molecule has 0 radical (unpaired) electrons. The summed E-state index contributed by atoms with van der Waals surface area (Å²) in [6.07, 6.45) is 5.58. The average Bonchev–Trinajstić information content (AvgIpc) is 2.74. The van der Waals surface area contributed by atoms with Gasteiger partial charge in [-0.2, -0.15) is 0 Å². The molecule has 0 aromatic heterocycles. The first-order chi connectivity index (χ1) is 14.7. The summed E-state index contributed by atoms with van der Waals surface area (Å²) in [5.41, 5.74) is 2.96. The molecule has 1 aromatic carbocycles. The van der Waals surface area contributed by atoms with E-state index in [1.807, 2.05) is 0 Å². The van der Waals surface area contributed by atoms with Crippen LogP contribution < -0.4 is 10.6 Å². The Balaban J connectivity index is 1.66. The Morgan fingerprint density at radius 2 is 1.94 bits per heavy atom. The Labute approximate surface area is 187 Å². The van der Waals surface area contributed by atoms with Crippen LogP contribution in [0.4, 0.5) is 0 Å². The van der Waals surface area contributed by atoms with E-state index in [9.17, 15) is 4.79 Å². The number of carbonyl (C=O) groups is 1. The standard InChI is InChI=1S/C25H40N4O2/c1-25(2,3)23-20(11-8-14-31-23)16-26-24(27-17-22(30)29(4)5)28-21-13-12-18-9-6-7-10-19(18)15-21/h6-7,9-10,20-21,23H,8,11-17H2,1-5H3,(H2,26,27,28). The van der Waals surface area contributed by atoms with Crippen LogP contribution in [-0.2, 0) is 22.4 Å². The monoisotopic (exact) mass is 428 g/mol. The number of hydrogen-bond donors (Lipinski definition) is 2. The fourth-order valence-electron chi connectivity index (χ4n) is 4.69. The van der Waals surface area contributed by atoms with Gasteiger partial charge < -0.3 is 20.3 Å². The van der Waals surface area contributed by atoms with Crippen LogP contribution in [0.1, 0.15) is 51.2 Å². The van der Waals surface area contributed by atoms with Crippen LogP contribution >= 0.6 is 0 Å². The number of nitrogens with one attached hydrogen (secondary N) is 2. The summed E-state index contributed by atoms with van der Waals surface area (Å²) in [6, 6.07) is 8.99. The van der Waals surface area contributed by atoms with Gasteiger partial charge in [0.2, 0.25) is 5.91 Å². The second kappa shape index (κ2) is 10.5. The minimum absolute atomic E-state index is 0.00339. The molecule has 2 N–H and O–H groups in total. The van der Waals surface area contributed by atoms with Crippen LogP contribution in [0.25, 0.3) is 0 Å². The average molecular weight is 429 g/mol. The van der Waals surface area contributed by atoms with Gasteiger partial charge in [0, 0.05) is 39.2 Å². The number of nitrogens with zero attached hydrogens (tertiary/aromatic N) is 2. The number of aryl methyl sites for hydroxylation is 1. The zero-order valence-corrected chi connectivity index (χ0v) is 19.9. The summed E-state index contributed by atoms with van der Waals surface area (Å²) in [7, 11) is 3.54. The first kappa shape index (κ1) is 23.6. The minimum atomic E-state index is 0.00339. The van der Waals surface area contributed by atoms with Crippen LogP contribution in [-0.4, -0.2) is 62.7 Å². The summed E-state index contributed by atoms with van der Waals surface area (Å²) in [4.78, 5) is 18.4. The second-order valence-corrected chi connectivity index (χ2v) is 10.2. The maximum Gasteiger partial charge on any atom is 0.243 e. The van der Waals surface area contributed by atoms with Crippen molar-refractivity contribution in [1.29, 1.82) is 0 Å². The van der Waals surface area contributed by atoms with Crippen LogP contribution in [0.3, 0.4) is 0 Å². The lowest BCUT2D eigenvalue weighted by Crippen LogP contribution is -2.50. The van der Waals surface area contributed by atoms with Crippen molar-refractivity contribution in [3.63, 3.8) is 0 Å². The number of amides is 1. The van der Waals surface area contributed by atoms with Crippen molar-refractivity contribution in [3.8, 4) is 0 Å². The number of guanidine groups is 1. The molecule has 1 aliphatic carbocycles. The number of hydrogen-bond acceptors (Lipinski definition) is 3. The van der Waals surface area contributed by atoms with E-state index in [2.05, 4.69) is 60.7 Å². The fourth-order valence-corrected chi connectivity index (χ4v) is 4.69. The van der Waals surface area contributed by atoms with Crippen molar-refractivity contribution in [1.82, 2.24) is 15.5 Å². The number of ether oxygens (including phenoxy) is 1. The summed E-state index contributed by atoms with van der Waals surface area (Å²) >= 11 is 0. The van der Waals surface area contributed by atoms with E-state index in [0.717, 1.165) is 51.2 Å². The Hall–Kier alpha value is -2.08. The van der Waals surface area contributed by atoms with Gasteiger partial charge in [0.05, 0.1) is 6.10 Å². The molecule has 6 heteroatoms. The molecular formula is C25H40N4O2. The SMILES string of the molecule is CN(C)C(=O)CN=C(NCC1CCCOC1C(C)(C)C)NC1CCc2ccccc2C1. The van der Waals surface area contributed by atoms with Gasteiger partial charge in [-0.3, -0.25) is 4.79 Å². The summed E-state index contributed by atoms with van der Waals surface area (Å²) in [5.74, 6) is 1.17. The number of benzene rings is 1. The lowest BCUT2D eigenvalue weighted by Gasteiger charge is -2.40. The van der Waals surface area contributed by atoms with Gasteiger partial charge in [-0.25, -0.2) is 4.99 Å². The first-order valence-corrected chi connectivity index (χ1v) is 11.7. The molecule has 2 aliphatic rings. The highest BCUT2D eigenvalue weighted by Gasteiger charge is 2.35. The molecule has 0 spiro atoms. The summed E-state index contributed by atoms with van der Waals surface area (Å²) in [5, 5.41) is 7.16. The van der Waals surface area contributed by atoms with E-state index in [4.69, 9.17) is 4.74 Å². The van der Waals surface area contributed by atoms with Crippen molar-refractivity contribution in [2.75, 3.05) is 33.8 Å². The number of likely N-dealkylation sites (N-methyl/N-ethyl adjacent to an activating group) is 1. The topological polar surface area (TPSA) is 66.0 Å². The van der Waals surface area contributed by atoms with Crippen molar-refractivity contribution in [2.24, 2.45) is 16.3 Å². The molecule has 3 atom stereocenters. The van der Waals surface area contributed by atoms with Crippen LogP contribution in [0.2, 0.25) is 0 Å². The predicted molar refractivity (Wildman–Crippen MR) is 126 cm³/mol. The third kappa shape index (κ3) is 6.70. The molecule has 6 nitrogen and oxygen atoms in total. The number of aliphatic imine (C=N–C) groups is 1. The molecule has 1 fully saturated rings. The van der Waals surface area contributed by atoms with Gasteiger partial charge in [-0.1, -0.05) is 45.0 Å². The van der Waals surface area contributed by atoms with E-state index in [1.54, 1.807) is 19.0 Å². The van der Waals surface area contributed by atoms with Crippen molar-refractivity contribution < 1.29 is 9.53 Å². The molecule has 1 heterocycles. The lowest BCUT2D eigenvalue weighted by molar-refractivity contribution is -0.127. The van der Waals surface area contributed by atoms with E-state index < -0.39 is 0 Å². The molecule has 0 saturated carbocycles. The molecule has 3 unspecified atom stereocenters. The number of fused-ring (bicyclic) bond motifs is 1. The predicted octanol–water partition coefficient (Wildman–Crippen LogP) is 3.01. The van der Waals surface area contributed by atoms with Gasteiger partial charge in [0.25, 0.3) is 0 Å². The molecule has 1 saturated heterocycles. The Morgan fingerprint density at radius 1 is 1.19 bits per heavy atom. The molecule has 31 heavy (non-hydrogen) atoms. The van der Waals surface area contributed by atoms with Crippen molar-refractivity contribution in [2.45, 2.75) is 65.0 Å².